The lowest BCUT2D eigenvalue weighted by atomic mass is 9.92. The van der Waals surface area contributed by atoms with Gasteiger partial charge in [-0.15, -0.1) is 0 Å². The van der Waals surface area contributed by atoms with Crippen molar-refractivity contribution in [2.75, 3.05) is 26.7 Å². The summed E-state index contributed by atoms with van der Waals surface area (Å²) in [6.07, 6.45) is 2.92. The highest BCUT2D eigenvalue weighted by molar-refractivity contribution is 5.20. The third-order valence-electron chi connectivity index (χ3n) is 4.65. The third-order valence-corrected chi connectivity index (χ3v) is 4.65. The van der Waals surface area contributed by atoms with E-state index in [9.17, 15) is 9.50 Å². The van der Waals surface area contributed by atoms with Crippen LogP contribution in [-0.2, 0) is 0 Å². The minimum atomic E-state index is -0.190. The molecule has 1 saturated heterocycles. The van der Waals surface area contributed by atoms with Gasteiger partial charge in [0.1, 0.15) is 5.82 Å². The summed E-state index contributed by atoms with van der Waals surface area (Å²) < 4.78 is 13.3. The van der Waals surface area contributed by atoms with Gasteiger partial charge < -0.3 is 15.3 Å². The van der Waals surface area contributed by atoms with E-state index in [2.05, 4.69) is 10.2 Å². The number of halogens is 1. The van der Waals surface area contributed by atoms with Crippen molar-refractivity contribution < 1.29 is 9.50 Å². The molecule has 2 unspecified atom stereocenters. The SMILES string of the molecule is CNC(CCN1CCC(C(C)O)CC1)c1cccc(F)c1. The number of benzene rings is 1. The van der Waals surface area contributed by atoms with Gasteiger partial charge >= 0.3 is 0 Å². The van der Waals surface area contributed by atoms with Crippen LogP contribution in [0.4, 0.5) is 4.39 Å². The molecule has 1 heterocycles. The zero-order chi connectivity index (χ0) is 15.2. The molecule has 3 nitrogen and oxygen atoms in total. The van der Waals surface area contributed by atoms with Crippen LogP contribution in [0.25, 0.3) is 0 Å². The summed E-state index contributed by atoms with van der Waals surface area (Å²) in [6, 6.07) is 7.03. The molecule has 2 rings (SSSR count). The highest BCUT2D eigenvalue weighted by Gasteiger charge is 2.23. The first kappa shape index (κ1) is 16.4. The maximum atomic E-state index is 13.3. The quantitative estimate of drug-likeness (QED) is 0.846. The Hall–Kier alpha value is -0.970. The van der Waals surface area contributed by atoms with Crippen LogP contribution in [-0.4, -0.2) is 42.8 Å². The number of nitrogens with one attached hydrogen (secondary N) is 1. The molecule has 0 amide bonds. The first-order valence-electron chi connectivity index (χ1n) is 7.93. The third kappa shape index (κ3) is 4.77. The number of piperidine rings is 1. The Morgan fingerprint density at radius 3 is 2.67 bits per heavy atom. The highest BCUT2D eigenvalue weighted by Crippen LogP contribution is 2.23. The van der Waals surface area contributed by atoms with E-state index in [4.69, 9.17) is 0 Å². The number of nitrogens with zero attached hydrogens (tertiary/aromatic N) is 1. The Morgan fingerprint density at radius 1 is 1.38 bits per heavy atom. The van der Waals surface area contributed by atoms with Crippen molar-refractivity contribution in [3.8, 4) is 0 Å². The van der Waals surface area contributed by atoms with E-state index in [1.165, 1.54) is 6.07 Å². The number of hydrogen-bond acceptors (Lipinski definition) is 3. The van der Waals surface area contributed by atoms with E-state index in [1.807, 2.05) is 20.0 Å². The monoisotopic (exact) mass is 294 g/mol. The van der Waals surface area contributed by atoms with E-state index >= 15 is 0 Å². The largest absolute Gasteiger partial charge is 0.393 e. The van der Waals surface area contributed by atoms with Crippen molar-refractivity contribution in [1.82, 2.24) is 10.2 Å². The predicted molar refractivity (Wildman–Crippen MR) is 83.7 cm³/mol. The highest BCUT2D eigenvalue weighted by atomic mass is 19.1. The zero-order valence-corrected chi connectivity index (χ0v) is 13.1. The number of rotatable bonds is 6. The summed E-state index contributed by atoms with van der Waals surface area (Å²) in [6.45, 7) is 5.00. The van der Waals surface area contributed by atoms with E-state index < -0.39 is 0 Å². The van der Waals surface area contributed by atoms with Gasteiger partial charge in [0.05, 0.1) is 6.10 Å². The van der Waals surface area contributed by atoms with Crippen molar-refractivity contribution in [2.24, 2.45) is 5.92 Å². The van der Waals surface area contributed by atoms with Crippen LogP contribution in [0.1, 0.15) is 37.8 Å². The van der Waals surface area contributed by atoms with Crippen LogP contribution in [0, 0.1) is 11.7 Å². The maximum Gasteiger partial charge on any atom is 0.123 e. The molecular weight excluding hydrogens is 267 g/mol. The molecule has 0 aliphatic carbocycles. The summed E-state index contributed by atoms with van der Waals surface area (Å²) in [5, 5.41) is 12.9. The molecular formula is C17H27FN2O. The van der Waals surface area contributed by atoms with Gasteiger partial charge in [0, 0.05) is 6.04 Å². The smallest absolute Gasteiger partial charge is 0.123 e. The summed E-state index contributed by atoms with van der Waals surface area (Å²) in [7, 11) is 1.93. The molecule has 0 radical (unpaired) electrons. The first-order chi connectivity index (χ1) is 10.1. The number of hydrogen-bond donors (Lipinski definition) is 2. The van der Waals surface area contributed by atoms with Gasteiger partial charge in [-0.1, -0.05) is 12.1 Å². The predicted octanol–water partition coefficient (Wildman–Crippen LogP) is 2.57. The topological polar surface area (TPSA) is 35.5 Å². The van der Waals surface area contributed by atoms with Crippen LogP contribution in [0.3, 0.4) is 0 Å². The summed E-state index contributed by atoms with van der Waals surface area (Å²) in [5.41, 5.74) is 1.01. The van der Waals surface area contributed by atoms with Gasteiger partial charge in [-0.3, -0.25) is 0 Å². The van der Waals surface area contributed by atoms with Crippen LogP contribution < -0.4 is 5.32 Å². The molecule has 1 aromatic carbocycles. The molecule has 1 aliphatic heterocycles. The molecule has 0 aromatic heterocycles. The van der Waals surface area contributed by atoms with Gasteiger partial charge in [-0.05, 0) is 76.5 Å². The lowest BCUT2D eigenvalue weighted by Gasteiger charge is -2.34. The Morgan fingerprint density at radius 2 is 2.10 bits per heavy atom. The number of likely N-dealkylation sites (tertiary alicyclic amines) is 1. The molecule has 2 atom stereocenters. The van der Waals surface area contributed by atoms with E-state index in [-0.39, 0.29) is 18.0 Å². The number of aliphatic hydroxyl groups is 1. The van der Waals surface area contributed by atoms with Crippen LogP contribution >= 0.6 is 0 Å². The van der Waals surface area contributed by atoms with Gasteiger partial charge in [0.25, 0.3) is 0 Å². The second-order valence-electron chi connectivity index (χ2n) is 6.10. The second-order valence-corrected chi connectivity index (χ2v) is 6.10. The summed E-state index contributed by atoms with van der Waals surface area (Å²) in [4.78, 5) is 2.45. The summed E-state index contributed by atoms with van der Waals surface area (Å²) in [5.74, 6) is 0.273. The normalized spacial score (nSPS) is 20.4. The fourth-order valence-corrected chi connectivity index (χ4v) is 3.17. The first-order valence-corrected chi connectivity index (χ1v) is 7.93. The fraction of sp³-hybridized carbons (Fsp3) is 0.647. The Bertz CT molecular complexity index is 431. The fourth-order valence-electron chi connectivity index (χ4n) is 3.17. The van der Waals surface area contributed by atoms with Crippen molar-refractivity contribution in [3.05, 3.63) is 35.6 Å². The molecule has 1 aromatic rings. The van der Waals surface area contributed by atoms with E-state index in [0.29, 0.717) is 5.92 Å². The van der Waals surface area contributed by atoms with Crippen molar-refractivity contribution >= 4 is 0 Å². The van der Waals surface area contributed by atoms with Gasteiger partial charge in [0.15, 0.2) is 0 Å². The van der Waals surface area contributed by atoms with Crippen molar-refractivity contribution in [1.29, 1.82) is 0 Å². The molecule has 0 spiro atoms. The average Bonchev–Trinajstić information content (AvgIpc) is 2.48. The molecule has 1 aliphatic rings. The molecule has 0 bridgehead atoms. The Kier molecular flexibility index (Phi) is 6.15. The molecule has 4 heteroatoms. The van der Waals surface area contributed by atoms with Crippen molar-refractivity contribution in [3.63, 3.8) is 0 Å². The minimum Gasteiger partial charge on any atom is -0.393 e. The van der Waals surface area contributed by atoms with Gasteiger partial charge in [-0.25, -0.2) is 4.39 Å². The lowest BCUT2D eigenvalue weighted by molar-refractivity contribution is 0.0706. The van der Waals surface area contributed by atoms with Gasteiger partial charge in [-0.2, -0.15) is 0 Å². The summed E-state index contributed by atoms with van der Waals surface area (Å²) >= 11 is 0. The van der Waals surface area contributed by atoms with Crippen LogP contribution in [0.2, 0.25) is 0 Å². The molecule has 0 saturated carbocycles. The Balaban J connectivity index is 1.82. The standard InChI is InChI=1S/C17H27FN2O/c1-13(21)14-6-9-20(10-7-14)11-8-17(19-2)15-4-3-5-16(18)12-15/h3-5,12-14,17,19,21H,6-11H2,1-2H3. The number of aliphatic hydroxyl groups excluding tert-OH is 1. The van der Waals surface area contributed by atoms with E-state index in [1.54, 1.807) is 12.1 Å². The van der Waals surface area contributed by atoms with Crippen molar-refractivity contribution in [2.45, 2.75) is 38.3 Å². The molecule has 118 valence electrons. The van der Waals surface area contributed by atoms with Crippen LogP contribution in [0.5, 0.6) is 0 Å². The second kappa shape index (κ2) is 7.87. The molecule has 2 N–H and O–H groups in total. The Labute approximate surface area is 127 Å². The zero-order valence-electron chi connectivity index (χ0n) is 13.1. The average molecular weight is 294 g/mol. The molecule has 1 fully saturated rings. The maximum absolute atomic E-state index is 13.3. The molecule has 21 heavy (non-hydrogen) atoms. The minimum absolute atomic E-state index is 0.175. The lowest BCUT2D eigenvalue weighted by Crippen LogP contribution is -2.38. The van der Waals surface area contributed by atoms with Crippen LogP contribution in [0.15, 0.2) is 24.3 Å². The van der Waals surface area contributed by atoms with Gasteiger partial charge in [0.2, 0.25) is 0 Å². The van der Waals surface area contributed by atoms with E-state index in [0.717, 1.165) is 44.5 Å².